The van der Waals surface area contributed by atoms with Crippen molar-refractivity contribution in [3.05, 3.63) is 0 Å². The Balaban J connectivity index is 1.46. The fourth-order valence-corrected chi connectivity index (χ4v) is 7.42. The van der Waals surface area contributed by atoms with Crippen molar-refractivity contribution < 1.29 is 22.8 Å². The fraction of sp³-hybridized carbons (Fsp3) is 0.909. The monoisotopic (exact) mass is 427 g/mol. The number of halogens is 3. The van der Waals surface area contributed by atoms with E-state index in [0.29, 0.717) is 30.1 Å². The van der Waals surface area contributed by atoms with E-state index in [1.807, 2.05) is 0 Å². The first-order chi connectivity index (χ1) is 13.9. The number of hydrazone groups is 1. The smallest absolute Gasteiger partial charge is 0.333 e. The van der Waals surface area contributed by atoms with E-state index in [0.717, 1.165) is 43.2 Å². The van der Waals surface area contributed by atoms with Crippen molar-refractivity contribution in [1.82, 2.24) is 10.1 Å². The average Bonchev–Trinajstić information content (AvgIpc) is 2.98. The lowest BCUT2D eigenvalue weighted by atomic mass is 9.49. The topological polar surface area (TPSA) is 45.1 Å². The van der Waals surface area contributed by atoms with Crippen LogP contribution in [0.25, 0.3) is 0 Å². The van der Waals surface area contributed by atoms with Crippen LogP contribution in [0.15, 0.2) is 5.10 Å². The highest BCUT2D eigenvalue weighted by Crippen LogP contribution is 2.62. The first-order valence-electron chi connectivity index (χ1n) is 11.4. The third-order valence-electron chi connectivity index (χ3n) is 8.44. The molecule has 4 aliphatic carbocycles. The summed E-state index contributed by atoms with van der Waals surface area (Å²) in [5.74, 6) is 1.16. The van der Waals surface area contributed by atoms with Gasteiger partial charge >= 0.3 is 12.1 Å². The Morgan fingerprint density at radius 1 is 1.03 bits per heavy atom. The quantitative estimate of drug-likeness (QED) is 0.626. The summed E-state index contributed by atoms with van der Waals surface area (Å²) in [4.78, 5) is 18.7. The number of amidine groups is 1. The van der Waals surface area contributed by atoms with Crippen molar-refractivity contribution >= 4 is 11.8 Å². The predicted molar refractivity (Wildman–Crippen MR) is 105 cm³/mol. The van der Waals surface area contributed by atoms with Crippen LogP contribution in [-0.2, 0) is 9.63 Å². The summed E-state index contributed by atoms with van der Waals surface area (Å²) < 4.78 is 38.8. The van der Waals surface area contributed by atoms with Crippen LogP contribution in [0.1, 0.15) is 72.1 Å². The van der Waals surface area contributed by atoms with E-state index in [2.05, 4.69) is 30.8 Å². The Bertz CT molecular complexity index is 722. The molecular formula is C22H32F3N3O2. The minimum Gasteiger partial charge on any atom is -0.333 e. The van der Waals surface area contributed by atoms with Gasteiger partial charge in [0, 0.05) is 12.0 Å². The van der Waals surface area contributed by atoms with Gasteiger partial charge in [0.2, 0.25) is 0 Å². The Morgan fingerprint density at radius 2 is 1.60 bits per heavy atom. The van der Waals surface area contributed by atoms with Gasteiger partial charge in [0.1, 0.15) is 5.84 Å². The van der Waals surface area contributed by atoms with Gasteiger partial charge in [0.05, 0.1) is 0 Å². The number of carbonyl (C=O) groups excluding carboxylic acids is 1. The van der Waals surface area contributed by atoms with Crippen LogP contribution in [0.4, 0.5) is 13.2 Å². The molecule has 1 saturated heterocycles. The van der Waals surface area contributed by atoms with E-state index in [1.54, 1.807) is 0 Å². The Kier molecular flexibility index (Phi) is 4.44. The van der Waals surface area contributed by atoms with Crippen LogP contribution in [0.2, 0.25) is 0 Å². The molecule has 4 bridgehead atoms. The number of nitrogens with zero attached hydrogens (tertiary/aromatic N) is 3. The first kappa shape index (κ1) is 20.4. The summed E-state index contributed by atoms with van der Waals surface area (Å²) in [7, 11) is 0. The molecule has 6 rings (SSSR count). The molecule has 2 atom stereocenters. The zero-order valence-electron chi connectivity index (χ0n) is 18.0. The van der Waals surface area contributed by atoms with Crippen molar-refractivity contribution in [2.45, 2.75) is 84.5 Å². The van der Waals surface area contributed by atoms with Gasteiger partial charge in [-0.25, -0.2) is 4.79 Å². The summed E-state index contributed by atoms with van der Waals surface area (Å²) in [6.07, 6.45) is 3.25. The van der Waals surface area contributed by atoms with Crippen LogP contribution in [0.3, 0.4) is 0 Å². The molecule has 6 aliphatic rings. The van der Waals surface area contributed by atoms with Crippen LogP contribution >= 0.6 is 0 Å². The van der Waals surface area contributed by atoms with Crippen LogP contribution in [0.5, 0.6) is 0 Å². The summed E-state index contributed by atoms with van der Waals surface area (Å²) in [5, 5.41) is 5.63. The molecule has 4 saturated carbocycles. The molecule has 30 heavy (non-hydrogen) atoms. The maximum atomic E-state index is 12.9. The molecule has 2 unspecified atom stereocenters. The normalized spacial score (nSPS) is 40.5. The second-order valence-corrected chi connectivity index (χ2v) is 11.6. The molecule has 0 aromatic heterocycles. The highest BCUT2D eigenvalue weighted by atomic mass is 19.4. The number of rotatable bonds is 2. The Labute approximate surface area is 175 Å². The molecule has 2 heterocycles. The van der Waals surface area contributed by atoms with Crippen molar-refractivity contribution in [2.75, 3.05) is 6.54 Å². The predicted octanol–water partition coefficient (Wildman–Crippen LogP) is 4.94. The number of piperidine rings is 1. The van der Waals surface area contributed by atoms with Crippen molar-refractivity contribution in [1.29, 1.82) is 0 Å². The lowest BCUT2D eigenvalue weighted by Gasteiger charge is -2.57. The molecule has 2 aliphatic heterocycles. The Hall–Kier alpha value is -1.47. The van der Waals surface area contributed by atoms with Crippen molar-refractivity contribution in [3.63, 3.8) is 0 Å². The largest absolute Gasteiger partial charge is 0.493 e. The van der Waals surface area contributed by atoms with E-state index in [4.69, 9.17) is 4.84 Å². The number of hydrogen-bond donors (Lipinski definition) is 0. The standard InChI is InChI=1S/C22H32F3N3O2/c1-20(2,3)16-4-5-27-17(9-16)28(30-19(29)22(23,24)25)26-18(27)21-10-13-6-14(11-21)8-15(7-13)12-21/h13-17H,4-12H2,1-3H3. The molecule has 0 spiro atoms. The zero-order valence-corrected chi connectivity index (χ0v) is 18.0. The van der Waals surface area contributed by atoms with Crippen LogP contribution in [-0.4, -0.2) is 40.8 Å². The van der Waals surface area contributed by atoms with Crippen LogP contribution in [0, 0.1) is 34.5 Å². The van der Waals surface area contributed by atoms with E-state index >= 15 is 0 Å². The third-order valence-corrected chi connectivity index (χ3v) is 8.44. The van der Waals surface area contributed by atoms with E-state index < -0.39 is 18.3 Å². The molecule has 0 aromatic rings. The van der Waals surface area contributed by atoms with Gasteiger partial charge in [-0.05, 0) is 80.5 Å². The minimum absolute atomic E-state index is 0.0369. The molecule has 0 N–H and O–H groups in total. The first-order valence-corrected chi connectivity index (χ1v) is 11.4. The van der Waals surface area contributed by atoms with E-state index in [1.165, 1.54) is 19.3 Å². The summed E-state index contributed by atoms with van der Waals surface area (Å²) in [6.45, 7) is 7.24. The number of fused-ring (bicyclic) bond motifs is 1. The number of hydroxylamine groups is 1. The van der Waals surface area contributed by atoms with Gasteiger partial charge in [-0.3, -0.25) is 0 Å². The lowest BCUT2D eigenvalue weighted by molar-refractivity contribution is -0.253. The average molecular weight is 428 g/mol. The molecule has 8 heteroatoms. The highest BCUT2D eigenvalue weighted by Gasteiger charge is 2.58. The van der Waals surface area contributed by atoms with E-state index in [-0.39, 0.29) is 10.8 Å². The second kappa shape index (κ2) is 6.52. The fourth-order valence-electron chi connectivity index (χ4n) is 7.42. The molecule has 5 fully saturated rings. The molecule has 5 nitrogen and oxygen atoms in total. The molecule has 0 radical (unpaired) electrons. The van der Waals surface area contributed by atoms with Gasteiger partial charge in [-0.15, -0.1) is 5.10 Å². The van der Waals surface area contributed by atoms with Crippen molar-refractivity contribution in [3.8, 4) is 0 Å². The van der Waals surface area contributed by atoms with Gasteiger partial charge in [0.25, 0.3) is 0 Å². The van der Waals surface area contributed by atoms with Crippen LogP contribution < -0.4 is 0 Å². The van der Waals surface area contributed by atoms with E-state index in [9.17, 15) is 18.0 Å². The lowest BCUT2D eigenvalue weighted by Crippen LogP contribution is -2.57. The summed E-state index contributed by atoms with van der Waals surface area (Å²) >= 11 is 0. The molecule has 0 aromatic carbocycles. The maximum Gasteiger partial charge on any atom is 0.493 e. The van der Waals surface area contributed by atoms with Gasteiger partial charge < -0.3 is 9.74 Å². The number of hydrogen-bond acceptors (Lipinski definition) is 5. The van der Waals surface area contributed by atoms with Gasteiger partial charge in [-0.2, -0.15) is 13.2 Å². The minimum atomic E-state index is -5.03. The molecule has 0 amide bonds. The van der Waals surface area contributed by atoms with Gasteiger partial charge in [0.15, 0.2) is 6.17 Å². The Morgan fingerprint density at radius 3 is 2.10 bits per heavy atom. The number of alkyl halides is 3. The third kappa shape index (κ3) is 3.29. The summed E-state index contributed by atoms with van der Waals surface area (Å²) in [5.41, 5.74) is -0.0177. The second-order valence-electron chi connectivity index (χ2n) is 11.6. The number of carbonyl (C=O) groups is 1. The molecular weight excluding hydrogens is 395 g/mol. The van der Waals surface area contributed by atoms with Crippen molar-refractivity contribution in [2.24, 2.45) is 39.6 Å². The van der Waals surface area contributed by atoms with Gasteiger partial charge in [-0.1, -0.05) is 25.9 Å². The summed E-state index contributed by atoms with van der Waals surface area (Å²) in [6, 6.07) is 0. The SMILES string of the molecule is CC(C)(C)C1CCN2C(C34CC5CC(CC(C5)C3)C4)=NN(OC(=O)C(F)(F)F)C2C1. The molecule has 168 valence electrons. The highest BCUT2D eigenvalue weighted by molar-refractivity contribution is 5.90. The zero-order chi connectivity index (χ0) is 21.5. The maximum absolute atomic E-state index is 12.9.